The largest absolute Gasteiger partial charge is 0.389 e. The molecule has 0 aliphatic heterocycles. The summed E-state index contributed by atoms with van der Waals surface area (Å²) in [5.74, 6) is -0.616. The van der Waals surface area contributed by atoms with E-state index in [1.165, 1.54) is 6.08 Å². The number of aliphatic hydroxyl groups excluding tert-OH is 1. The Balaban J connectivity index is 2.97. The van der Waals surface area contributed by atoms with Gasteiger partial charge in [-0.15, -0.1) is 0 Å². The fraction of sp³-hybridized carbons (Fsp3) is 0.100. The standard InChI is InChI=1S/C10H8FNO/c11-10(7-13)5-8-2-1-3-9(4-8)6-12/h1-5,13H,7H2/b10-5-. The van der Waals surface area contributed by atoms with Gasteiger partial charge in [-0.1, -0.05) is 12.1 Å². The van der Waals surface area contributed by atoms with Gasteiger partial charge in [-0.2, -0.15) is 5.26 Å². The molecule has 3 heteroatoms. The zero-order valence-electron chi connectivity index (χ0n) is 6.87. The Morgan fingerprint density at radius 1 is 1.62 bits per heavy atom. The molecule has 2 nitrogen and oxygen atoms in total. The van der Waals surface area contributed by atoms with E-state index in [2.05, 4.69) is 0 Å². The minimum Gasteiger partial charge on any atom is -0.389 e. The van der Waals surface area contributed by atoms with Crippen LogP contribution in [0.25, 0.3) is 6.08 Å². The third kappa shape index (κ3) is 2.69. The molecule has 13 heavy (non-hydrogen) atoms. The van der Waals surface area contributed by atoms with Crippen LogP contribution in [0, 0.1) is 11.3 Å². The number of halogens is 1. The molecular formula is C10H8FNO. The maximum atomic E-state index is 12.6. The number of aliphatic hydroxyl groups is 1. The van der Waals surface area contributed by atoms with Crippen molar-refractivity contribution in [3.63, 3.8) is 0 Å². The van der Waals surface area contributed by atoms with E-state index in [0.29, 0.717) is 11.1 Å². The number of benzene rings is 1. The molecular weight excluding hydrogens is 169 g/mol. The predicted octanol–water partition coefficient (Wildman–Crippen LogP) is 1.86. The molecule has 66 valence electrons. The lowest BCUT2D eigenvalue weighted by Gasteiger charge is -1.94. The number of hydrogen-bond donors (Lipinski definition) is 1. The average Bonchev–Trinajstić information content (AvgIpc) is 2.18. The van der Waals surface area contributed by atoms with Crippen LogP contribution in [0.1, 0.15) is 11.1 Å². The Morgan fingerprint density at radius 3 is 3.00 bits per heavy atom. The van der Waals surface area contributed by atoms with Crippen molar-refractivity contribution in [3.8, 4) is 6.07 Å². The van der Waals surface area contributed by atoms with Crippen LogP contribution in [0.4, 0.5) is 4.39 Å². The molecule has 0 fully saturated rings. The van der Waals surface area contributed by atoms with Crippen molar-refractivity contribution in [2.24, 2.45) is 0 Å². The second-order valence-corrected chi connectivity index (χ2v) is 2.49. The number of nitrogens with zero attached hydrogens (tertiary/aromatic N) is 1. The highest BCUT2D eigenvalue weighted by Crippen LogP contribution is 2.09. The quantitative estimate of drug-likeness (QED) is 0.749. The van der Waals surface area contributed by atoms with Gasteiger partial charge in [0.2, 0.25) is 0 Å². The monoisotopic (exact) mass is 177 g/mol. The molecule has 0 aromatic heterocycles. The summed E-state index contributed by atoms with van der Waals surface area (Å²) in [4.78, 5) is 0. The summed E-state index contributed by atoms with van der Waals surface area (Å²) in [6.07, 6.45) is 1.20. The summed E-state index contributed by atoms with van der Waals surface area (Å²) in [6.45, 7) is -0.614. The summed E-state index contributed by atoms with van der Waals surface area (Å²) in [5.41, 5.74) is 1.05. The van der Waals surface area contributed by atoms with E-state index in [-0.39, 0.29) is 0 Å². The number of hydrogen-bond acceptors (Lipinski definition) is 2. The summed E-state index contributed by atoms with van der Waals surface area (Å²) >= 11 is 0. The predicted molar refractivity (Wildman–Crippen MR) is 47.3 cm³/mol. The molecule has 1 aromatic carbocycles. The molecule has 1 aromatic rings. The highest BCUT2D eigenvalue weighted by atomic mass is 19.1. The molecule has 0 saturated carbocycles. The lowest BCUT2D eigenvalue weighted by Crippen LogP contribution is -1.82. The molecule has 0 aliphatic carbocycles. The van der Waals surface area contributed by atoms with Crippen molar-refractivity contribution in [1.29, 1.82) is 5.26 Å². The Bertz CT molecular complexity index is 365. The second kappa shape index (κ2) is 4.39. The van der Waals surface area contributed by atoms with Gasteiger partial charge in [-0.05, 0) is 23.8 Å². The van der Waals surface area contributed by atoms with Crippen molar-refractivity contribution < 1.29 is 9.50 Å². The minimum atomic E-state index is -0.616. The van der Waals surface area contributed by atoms with Crippen LogP contribution in [0.5, 0.6) is 0 Å². The number of rotatable bonds is 2. The van der Waals surface area contributed by atoms with Gasteiger partial charge in [-0.25, -0.2) is 4.39 Å². The second-order valence-electron chi connectivity index (χ2n) is 2.49. The first kappa shape index (κ1) is 9.43. The van der Waals surface area contributed by atoms with Crippen LogP contribution in [-0.2, 0) is 0 Å². The SMILES string of the molecule is N#Cc1cccc(/C=C(\F)CO)c1. The smallest absolute Gasteiger partial charge is 0.126 e. The van der Waals surface area contributed by atoms with Crippen LogP contribution in [-0.4, -0.2) is 11.7 Å². The fourth-order valence-electron chi connectivity index (χ4n) is 0.924. The summed E-state index contributed by atoms with van der Waals surface area (Å²) < 4.78 is 12.6. The first-order valence-corrected chi connectivity index (χ1v) is 3.73. The van der Waals surface area contributed by atoms with Crippen molar-refractivity contribution in [2.45, 2.75) is 0 Å². The lowest BCUT2D eigenvalue weighted by atomic mass is 10.1. The van der Waals surface area contributed by atoms with E-state index in [9.17, 15) is 4.39 Å². The third-order valence-corrected chi connectivity index (χ3v) is 1.49. The Morgan fingerprint density at radius 2 is 2.38 bits per heavy atom. The van der Waals surface area contributed by atoms with Gasteiger partial charge in [0.15, 0.2) is 0 Å². The molecule has 0 amide bonds. The molecule has 0 atom stereocenters. The van der Waals surface area contributed by atoms with Crippen LogP contribution in [0.15, 0.2) is 30.1 Å². The van der Waals surface area contributed by atoms with Gasteiger partial charge in [0, 0.05) is 0 Å². The maximum absolute atomic E-state index is 12.6. The molecule has 1 rings (SSSR count). The summed E-state index contributed by atoms with van der Waals surface area (Å²) in [6, 6.07) is 8.45. The average molecular weight is 177 g/mol. The zero-order chi connectivity index (χ0) is 9.68. The van der Waals surface area contributed by atoms with Crippen LogP contribution >= 0.6 is 0 Å². The fourth-order valence-corrected chi connectivity index (χ4v) is 0.924. The zero-order valence-corrected chi connectivity index (χ0v) is 6.87. The molecule has 0 unspecified atom stereocenters. The van der Waals surface area contributed by atoms with Gasteiger partial charge in [-0.3, -0.25) is 0 Å². The van der Waals surface area contributed by atoms with Gasteiger partial charge in [0.25, 0.3) is 0 Å². The highest BCUT2D eigenvalue weighted by molar-refractivity contribution is 5.53. The highest BCUT2D eigenvalue weighted by Gasteiger charge is 1.94. The van der Waals surface area contributed by atoms with E-state index in [0.717, 1.165) is 0 Å². The third-order valence-electron chi connectivity index (χ3n) is 1.49. The molecule has 0 aliphatic rings. The van der Waals surface area contributed by atoms with Gasteiger partial charge in [0.05, 0.1) is 18.2 Å². The lowest BCUT2D eigenvalue weighted by molar-refractivity contribution is 0.300. The van der Waals surface area contributed by atoms with Crippen LogP contribution < -0.4 is 0 Å². The molecule has 0 heterocycles. The van der Waals surface area contributed by atoms with Gasteiger partial charge in [0.1, 0.15) is 5.83 Å². The molecule has 0 saturated heterocycles. The first-order valence-electron chi connectivity index (χ1n) is 3.73. The Kier molecular flexibility index (Phi) is 3.18. The minimum absolute atomic E-state index is 0.472. The van der Waals surface area contributed by atoms with Crippen molar-refractivity contribution in [2.75, 3.05) is 6.61 Å². The maximum Gasteiger partial charge on any atom is 0.126 e. The molecule has 0 radical (unpaired) electrons. The Labute approximate surface area is 75.6 Å². The van der Waals surface area contributed by atoms with Gasteiger partial charge >= 0.3 is 0 Å². The van der Waals surface area contributed by atoms with E-state index in [1.54, 1.807) is 24.3 Å². The normalized spacial score (nSPS) is 11.0. The van der Waals surface area contributed by atoms with Crippen molar-refractivity contribution in [3.05, 3.63) is 41.2 Å². The Hall–Kier alpha value is -1.66. The molecule has 1 N–H and O–H groups in total. The molecule has 0 bridgehead atoms. The van der Waals surface area contributed by atoms with Crippen molar-refractivity contribution in [1.82, 2.24) is 0 Å². The summed E-state index contributed by atoms with van der Waals surface area (Å²) in [5, 5.41) is 17.0. The first-order chi connectivity index (χ1) is 6.26. The topological polar surface area (TPSA) is 44.0 Å². The van der Waals surface area contributed by atoms with Crippen LogP contribution in [0.2, 0.25) is 0 Å². The van der Waals surface area contributed by atoms with Crippen LogP contribution in [0.3, 0.4) is 0 Å². The van der Waals surface area contributed by atoms with Crippen molar-refractivity contribution >= 4 is 6.08 Å². The van der Waals surface area contributed by atoms with E-state index in [1.807, 2.05) is 6.07 Å². The van der Waals surface area contributed by atoms with E-state index >= 15 is 0 Å². The van der Waals surface area contributed by atoms with Gasteiger partial charge < -0.3 is 5.11 Å². The van der Waals surface area contributed by atoms with E-state index in [4.69, 9.17) is 10.4 Å². The molecule has 0 spiro atoms. The van der Waals surface area contributed by atoms with E-state index < -0.39 is 12.4 Å². The number of nitriles is 1. The summed E-state index contributed by atoms with van der Waals surface area (Å²) in [7, 11) is 0.